The summed E-state index contributed by atoms with van der Waals surface area (Å²) in [5.41, 5.74) is -1.02. The molecule has 2 aromatic carbocycles. The molecule has 8 heteroatoms. The van der Waals surface area contributed by atoms with Crippen LogP contribution in [-0.2, 0) is 20.9 Å². The lowest BCUT2D eigenvalue weighted by molar-refractivity contribution is -0.153. The average molecular weight is 469 g/mol. The van der Waals surface area contributed by atoms with Crippen molar-refractivity contribution in [1.29, 1.82) is 5.26 Å². The van der Waals surface area contributed by atoms with Crippen LogP contribution in [0.4, 0.5) is 9.18 Å². The quantitative estimate of drug-likeness (QED) is 0.535. The lowest BCUT2D eigenvalue weighted by Gasteiger charge is -2.38. The number of benzene rings is 2. The molecule has 2 aromatic rings. The number of carbonyl (C=O) groups excluding carboxylic acids is 2. The second kappa shape index (κ2) is 10.1. The smallest absolute Gasteiger partial charge is 0.411 e. The van der Waals surface area contributed by atoms with E-state index >= 15 is 0 Å². The maximum Gasteiger partial charge on any atom is 0.411 e. The van der Waals surface area contributed by atoms with Crippen LogP contribution in [0.25, 0.3) is 0 Å². The van der Waals surface area contributed by atoms with Crippen molar-refractivity contribution in [1.82, 2.24) is 4.90 Å². The summed E-state index contributed by atoms with van der Waals surface area (Å²) in [5.74, 6) is -0.452. The highest BCUT2D eigenvalue weighted by atomic mass is 19.1. The summed E-state index contributed by atoms with van der Waals surface area (Å²) in [5, 5.41) is 9.45. The maximum absolute atomic E-state index is 13.8. The van der Waals surface area contributed by atoms with Gasteiger partial charge in [0.15, 0.2) is 5.54 Å². The van der Waals surface area contributed by atoms with Gasteiger partial charge in [-0.2, -0.15) is 5.26 Å². The Morgan fingerprint density at radius 1 is 1.18 bits per heavy atom. The summed E-state index contributed by atoms with van der Waals surface area (Å²) >= 11 is 0. The first-order chi connectivity index (χ1) is 16.1. The number of carbonyl (C=O) groups is 2. The van der Waals surface area contributed by atoms with E-state index in [1.165, 1.54) is 18.1 Å². The molecule has 180 valence electrons. The first-order valence-electron chi connectivity index (χ1n) is 11.0. The zero-order chi connectivity index (χ0) is 24.9. The molecular weight excluding hydrogens is 439 g/mol. The number of rotatable bonds is 6. The minimum Gasteiger partial charge on any atom is -0.489 e. The standard InChI is InChI=1S/C26H29FN2O5/c1-25(2,3)34-24(31)29-22(13-14-26(29,15-16-28)23(30)32-4)18-9-11-20(12-10-18)33-17-19-7-5-6-8-21(19)27/h5-12,22H,13-15,17H2,1-4H3/t22-,26-/m1/s1. The van der Waals surface area contributed by atoms with Gasteiger partial charge in [-0.15, -0.1) is 0 Å². The van der Waals surface area contributed by atoms with Gasteiger partial charge < -0.3 is 14.2 Å². The third-order valence-corrected chi connectivity index (χ3v) is 5.75. The van der Waals surface area contributed by atoms with Crippen molar-refractivity contribution in [2.75, 3.05) is 7.11 Å². The van der Waals surface area contributed by atoms with Gasteiger partial charge in [-0.05, 0) is 57.4 Å². The first-order valence-corrected chi connectivity index (χ1v) is 11.0. The molecule has 1 saturated heterocycles. The Morgan fingerprint density at radius 2 is 1.85 bits per heavy atom. The molecule has 0 aliphatic carbocycles. The monoisotopic (exact) mass is 468 g/mol. The van der Waals surface area contributed by atoms with Crippen molar-refractivity contribution in [2.24, 2.45) is 0 Å². The lowest BCUT2D eigenvalue weighted by atomic mass is 9.93. The number of hydrogen-bond donors (Lipinski definition) is 0. The molecule has 1 aliphatic rings. The number of likely N-dealkylation sites (tertiary alicyclic amines) is 1. The molecule has 0 bridgehead atoms. The number of amides is 1. The molecule has 0 radical (unpaired) electrons. The fraction of sp³-hybridized carbons (Fsp3) is 0.423. The lowest BCUT2D eigenvalue weighted by Crippen LogP contribution is -2.55. The Labute approximate surface area is 199 Å². The summed E-state index contributed by atoms with van der Waals surface area (Å²) in [6.07, 6.45) is -0.177. The number of nitriles is 1. The topological polar surface area (TPSA) is 88.9 Å². The molecule has 1 aliphatic heterocycles. The van der Waals surface area contributed by atoms with Gasteiger partial charge in [-0.25, -0.2) is 14.0 Å². The summed E-state index contributed by atoms with van der Waals surface area (Å²) in [6.45, 7) is 5.29. The van der Waals surface area contributed by atoms with Gasteiger partial charge in [0.25, 0.3) is 0 Å². The molecule has 0 unspecified atom stereocenters. The van der Waals surface area contributed by atoms with Crippen molar-refractivity contribution in [3.63, 3.8) is 0 Å². The number of nitrogens with zero attached hydrogens (tertiary/aromatic N) is 2. The zero-order valence-electron chi connectivity index (χ0n) is 19.8. The second-order valence-corrected chi connectivity index (χ2v) is 9.21. The van der Waals surface area contributed by atoms with Gasteiger partial charge in [-0.3, -0.25) is 4.90 Å². The zero-order valence-corrected chi connectivity index (χ0v) is 19.8. The summed E-state index contributed by atoms with van der Waals surface area (Å²) < 4.78 is 30.1. The van der Waals surface area contributed by atoms with Crippen molar-refractivity contribution in [3.8, 4) is 11.8 Å². The van der Waals surface area contributed by atoms with Crippen LogP contribution in [0.15, 0.2) is 48.5 Å². The molecule has 1 amide bonds. The van der Waals surface area contributed by atoms with E-state index in [1.807, 2.05) is 6.07 Å². The van der Waals surface area contributed by atoms with Crippen LogP contribution in [0.2, 0.25) is 0 Å². The predicted octanol–water partition coefficient (Wildman–Crippen LogP) is 5.30. The van der Waals surface area contributed by atoms with Crippen LogP contribution < -0.4 is 4.74 Å². The van der Waals surface area contributed by atoms with E-state index in [9.17, 15) is 19.2 Å². The largest absolute Gasteiger partial charge is 0.489 e. The van der Waals surface area contributed by atoms with E-state index in [4.69, 9.17) is 14.2 Å². The van der Waals surface area contributed by atoms with Crippen molar-refractivity contribution < 1.29 is 28.2 Å². The van der Waals surface area contributed by atoms with Crippen LogP contribution in [0.1, 0.15) is 57.2 Å². The van der Waals surface area contributed by atoms with E-state index in [0.29, 0.717) is 17.7 Å². The van der Waals surface area contributed by atoms with E-state index in [-0.39, 0.29) is 25.3 Å². The van der Waals surface area contributed by atoms with Gasteiger partial charge in [0.05, 0.1) is 25.6 Å². The van der Waals surface area contributed by atoms with Gasteiger partial charge >= 0.3 is 12.1 Å². The number of halogens is 1. The second-order valence-electron chi connectivity index (χ2n) is 9.21. The molecule has 0 aromatic heterocycles. The third kappa shape index (κ3) is 5.30. The Kier molecular flexibility index (Phi) is 7.45. The van der Waals surface area contributed by atoms with E-state index in [1.54, 1.807) is 63.2 Å². The molecule has 0 spiro atoms. The Morgan fingerprint density at radius 3 is 2.44 bits per heavy atom. The van der Waals surface area contributed by atoms with Crippen LogP contribution in [0, 0.1) is 17.1 Å². The molecule has 1 fully saturated rings. The average Bonchev–Trinajstić information content (AvgIpc) is 3.18. The van der Waals surface area contributed by atoms with Crippen LogP contribution in [0.3, 0.4) is 0 Å². The third-order valence-electron chi connectivity index (χ3n) is 5.75. The Hall–Kier alpha value is -3.60. The fourth-order valence-corrected chi connectivity index (χ4v) is 4.18. The highest BCUT2D eigenvalue weighted by Gasteiger charge is 2.56. The fourth-order valence-electron chi connectivity index (χ4n) is 4.18. The molecule has 1 heterocycles. The molecule has 2 atom stereocenters. The summed E-state index contributed by atoms with van der Waals surface area (Å²) in [4.78, 5) is 27.4. The van der Waals surface area contributed by atoms with Crippen molar-refractivity contribution >= 4 is 12.1 Å². The number of esters is 1. The van der Waals surface area contributed by atoms with Crippen molar-refractivity contribution in [2.45, 2.75) is 63.8 Å². The molecular formula is C26H29FN2O5. The van der Waals surface area contributed by atoms with E-state index in [0.717, 1.165) is 5.56 Å². The van der Waals surface area contributed by atoms with Gasteiger partial charge in [0.2, 0.25) is 0 Å². The maximum atomic E-state index is 13.8. The number of ether oxygens (including phenoxy) is 3. The van der Waals surface area contributed by atoms with E-state index < -0.39 is 29.2 Å². The number of hydrogen-bond acceptors (Lipinski definition) is 6. The van der Waals surface area contributed by atoms with E-state index in [2.05, 4.69) is 0 Å². The highest BCUT2D eigenvalue weighted by Crippen LogP contribution is 2.46. The highest BCUT2D eigenvalue weighted by molar-refractivity contribution is 5.87. The molecule has 34 heavy (non-hydrogen) atoms. The minimum atomic E-state index is -1.43. The van der Waals surface area contributed by atoms with Gasteiger partial charge in [0, 0.05) is 5.56 Å². The molecule has 3 rings (SSSR count). The summed E-state index contributed by atoms with van der Waals surface area (Å²) in [6, 6.07) is 15.0. The number of methoxy groups -OCH3 is 1. The van der Waals surface area contributed by atoms with Crippen molar-refractivity contribution in [3.05, 3.63) is 65.5 Å². The molecule has 0 N–H and O–H groups in total. The minimum absolute atomic E-state index is 0.0765. The molecule has 7 nitrogen and oxygen atoms in total. The van der Waals surface area contributed by atoms with Crippen LogP contribution in [0.5, 0.6) is 5.75 Å². The first kappa shape index (κ1) is 25.0. The predicted molar refractivity (Wildman–Crippen MR) is 122 cm³/mol. The SMILES string of the molecule is COC(=O)[C@]1(CC#N)CC[C@H](c2ccc(OCc3ccccc3F)cc2)N1C(=O)OC(C)(C)C. The Bertz CT molecular complexity index is 1070. The van der Waals surface area contributed by atoms with Gasteiger partial charge in [-0.1, -0.05) is 30.3 Å². The van der Waals surface area contributed by atoms with Crippen LogP contribution in [-0.4, -0.2) is 35.2 Å². The summed E-state index contributed by atoms with van der Waals surface area (Å²) in [7, 11) is 1.24. The normalized spacial score (nSPS) is 19.9. The Balaban J connectivity index is 1.87. The van der Waals surface area contributed by atoms with Crippen LogP contribution >= 0.6 is 0 Å². The molecule has 0 saturated carbocycles. The van der Waals surface area contributed by atoms with Gasteiger partial charge in [0.1, 0.15) is 23.8 Å².